The molecule has 1 N–H and O–H groups in total. The molecule has 0 spiro atoms. The lowest BCUT2D eigenvalue weighted by atomic mass is 10.1. The third-order valence-corrected chi connectivity index (χ3v) is 4.18. The fourth-order valence-electron chi connectivity index (χ4n) is 2.33. The van der Waals surface area contributed by atoms with E-state index in [1.54, 1.807) is 37.4 Å². The molecule has 0 bridgehead atoms. The number of para-hydroxylation sites is 1. The largest absolute Gasteiger partial charge is 0.497 e. The van der Waals surface area contributed by atoms with Crippen LogP contribution in [0.15, 0.2) is 40.8 Å². The monoisotopic (exact) mass is 349 g/mol. The summed E-state index contributed by atoms with van der Waals surface area (Å²) in [7, 11) is 1.59. The number of aryl methyl sites for hydroxylation is 1. The van der Waals surface area contributed by atoms with Gasteiger partial charge in [-0.2, -0.15) is 0 Å². The molecule has 0 aliphatic carbocycles. The second-order valence-corrected chi connectivity index (χ2v) is 5.78. The standard InChI is InChI=1S/C17H13Cl2NO3/c1-9-11-8-10(22-2)6-7-14(11)23-16(9)17(21)20-15-12(18)4-3-5-13(15)19/h3-8H,1-2H3,(H,20,21). The van der Waals surface area contributed by atoms with Crippen molar-refractivity contribution in [2.24, 2.45) is 0 Å². The Morgan fingerprint density at radius 3 is 2.52 bits per heavy atom. The Morgan fingerprint density at radius 2 is 1.87 bits per heavy atom. The molecule has 118 valence electrons. The molecule has 0 fully saturated rings. The van der Waals surface area contributed by atoms with Gasteiger partial charge in [-0.1, -0.05) is 29.3 Å². The number of carbonyl (C=O) groups is 1. The predicted octanol–water partition coefficient (Wildman–Crippen LogP) is 5.31. The number of amides is 1. The zero-order valence-corrected chi connectivity index (χ0v) is 14.0. The van der Waals surface area contributed by atoms with Gasteiger partial charge in [-0.3, -0.25) is 4.79 Å². The molecular weight excluding hydrogens is 337 g/mol. The van der Waals surface area contributed by atoms with E-state index in [2.05, 4.69) is 5.32 Å². The van der Waals surface area contributed by atoms with Crippen LogP contribution in [0.2, 0.25) is 10.0 Å². The molecule has 0 saturated carbocycles. The zero-order valence-electron chi connectivity index (χ0n) is 12.4. The molecule has 0 radical (unpaired) electrons. The Kier molecular flexibility index (Phi) is 4.20. The summed E-state index contributed by atoms with van der Waals surface area (Å²) in [6.07, 6.45) is 0. The van der Waals surface area contributed by atoms with Gasteiger partial charge in [0.25, 0.3) is 5.91 Å². The van der Waals surface area contributed by atoms with Crippen molar-refractivity contribution in [2.75, 3.05) is 12.4 Å². The number of rotatable bonds is 3. The molecule has 6 heteroatoms. The van der Waals surface area contributed by atoms with Crippen molar-refractivity contribution in [3.05, 3.63) is 57.8 Å². The molecule has 2 aromatic carbocycles. The number of benzene rings is 2. The van der Waals surface area contributed by atoms with Gasteiger partial charge in [-0.05, 0) is 37.3 Å². The number of hydrogen-bond acceptors (Lipinski definition) is 3. The van der Waals surface area contributed by atoms with Gasteiger partial charge in [-0.15, -0.1) is 0 Å². The van der Waals surface area contributed by atoms with Gasteiger partial charge in [-0.25, -0.2) is 0 Å². The molecule has 1 aromatic heterocycles. The lowest BCUT2D eigenvalue weighted by Crippen LogP contribution is -2.12. The van der Waals surface area contributed by atoms with E-state index in [0.29, 0.717) is 27.1 Å². The minimum atomic E-state index is -0.410. The van der Waals surface area contributed by atoms with Crippen molar-refractivity contribution in [1.82, 2.24) is 0 Å². The number of nitrogens with one attached hydrogen (secondary N) is 1. The molecule has 0 unspecified atom stereocenters. The first-order valence-corrected chi connectivity index (χ1v) is 7.59. The number of hydrogen-bond donors (Lipinski definition) is 1. The molecule has 1 heterocycles. The Morgan fingerprint density at radius 1 is 1.17 bits per heavy atom. The smallest absolute Gasteiger partial charge is 0.291 e. The van der Waals surface area contributed by atoms with E-state index in [0.717, 1.165) is 10.9 Å². The van der Waals surface area contributed by atoms with Crippen molar-refractivity contribution in [2.45, 2.75) is 6.92 Å². The van der Waals surface area contributed by atoms with E-state index in [1.807, 2.05) is 13.0 Å². The summed E-state index contributed by atoms with van der Waals surface area (Å²) in [6.45, 7) is 1.81. The van der Waals surface area contributed by atoms with Gasteiger partial charge in [0.15, 0.2) is 5.76 Å². The third-order valence-electron chi connectivity index (χ3n) is 3.55. The molecule has 0 atom stereocenters. The zero-order chi connectivity index (χ0) is 16.6. The molecule has 3 aromatic rings. The van der Waals surface area contributed by atoms with Crippen LogP contribution in [0.1, 0.15) is 16.1 Å². The Balaban J connectivity index is 2.00. The number of carbonyl (C=O) groups excluding carboxylic acids is 1. The minimum Gasteiger partial charge on any atom is -0.497 e. The second kappa shape index (κ2) is 6.14. The summed E-state index contributed by atoms with van der Waals surface area (Å²) < 4.78 is 10.9. The van der Waals surface area contributed by atoms with Crippen LogP contribution in [-0.2, 0) is 0 Å². The van der Waals surface area contributed by atoms with Crippen LogP contribution in [0, 0.1) is 6.92 Å². The lowest BCUT2D eigenvalue weighted by molar-refractivity contribution is 0.0998. The van der Waals surface area contributed by atoms with E-state index in [1.165, 1.54) is 0 Å². The maximum atomic E-state index is 12.5. The van der Waals surface area contributed by atoms with Gasteiger partial charge in [0.2, 0.25) is 0 Å². The first kappa shape index (κ1) is 15.7. The number of fused-ring (bicyclic) bond motifs is 1. The first-order chi connectivity index (χ1) is 11.0. The van der Waals surface area contributed by atoms with Gasteiger partial charge in [0.1, 0.15) is 11.3 Å². The maximum Gasteiger partial charge on any atom is 0.291 e. The summed E-state index contributed by atoms with van der Waals surface area (Å²) in [5, 5.41) is 4.24. The van der Waals surface area contributed by atoms with Crippen LogP contribution >= 0.6 is 23.2 Å². The van der Waals surface area contributed by atoms with Crippen LogP contribution in [0.5, 0.6) is 5.75 Å². The molecule has 1 amide bonds. The Hall–Kier alpha value is -2.17. The van der Waals surface area contributed by atoms with Crippen molar-refractivity contribution in [1.29, 1.82) is 0 Å². The molecule has 4 nitrogen and oxygen atoms in total. The molecule has 3 rings (SSSR count). The third kappa shape index (κ3) is 2.87. The SMILES string of the molecule is COc1ccc2oc(C(=O)Nc3c(Cl)cccc3Cl)c(C)c2c1. The highest BCUT2D eigenvalue weighted by Gasteiger charge is 2.20. The highest BCUT2D eigenvalue weighted by molar-refractivity contribution is 6.40. The van der Waals surface area contributed by atoms with Crippen LogP contribution in [0.25, 0.3) is 11.0 Å². The van der Waals surface area contributed by atoms with Gasteiger partial charge >= 0.3 is 0 Å². The first-order valence-electron chi connectivity index (χ1n) is 6.83. The van der Waals surface area contributed by atoms with Crippen LogP contribution in [0.3, 0.4) is 0 Å². The van der Waals surface area contributed by atoms with Gasteiger partial charge < -0.3 is 14.5 Å². The Labute approximate surface area is 142 Å². The van der Waals surface area contributed by atoms with Crippen molar-refractivity contribution in [3.63, 3.8) is 0 Å². The fourth-order valence-corrected chi connectivity index (χ4v) is 2.82. The molecule has 23 heavy (non-hydrogen) atoms. The fraction of sp³-hybridized carbons (Fsp3) is 0.118. The summed E-state index contributed by atoms with van der Waals surface area (Å²) in [5.41, 5.74) is 1.69. The molecule has 0 aliphatic heterocycles. The highest BCUT2D eigenvalue weighted by atomic mass is 35.5. The average molecular weight is 350 g/mol. The summed E-state index contributed by atoms with van der Waals surface area (Å²) in [6, 6.07) is 10.4. The maximum absolute atomic E-state index is 12.5. The van der Waals surface area contributed by atoms with Crippen LogP contribution < -0.4 is 10.1 Å². The molecule has 0 aliphatic rings. The predicted molar refractivity (Wildman–Crippen MR) is 91.9 cm³/mol. The van der Waals surface area contributed by atoms with E-state index in [4.69, 9.17) is 32.4 Å². The van der Waals surface area contributed by atoms with Crippen molar-refractivity contribution in [3.8, 4) is 5.75 Å². The molecular formula is C17H13Cl2NO3. The van der Waals surface area contributed by atoms with Crippen LogP contribution in [0.4, 0.5) is 5.69 Å². The number of halogens is 2. The summed E-state index contributed by atoms with van der Waals surface area (Å²) >= 11 is 12.1. The van der Waals surface area contributed by atoms with Gasteiger partial charge in [0, 0.05) is 10.9 Å². The Bertz CT molecular complexity index is 882. The number of methoxy groups -OCH3 is 1. The van der Waals surface area contributed by atoms with Crippen molar-refractivity contribution < 1.29 is 13.9 Å². The van der Waals surface area contributed by atoms with Crippen molar-refractivity contribution >= 4 is 45.8 Å². The van der Waals surface area contributed by atoms with E-state index < -0.39 is 5.91 Å². The van der Waals surface area contributed by atoms with E-state index >= 15 is 0 Å². The van der Waals surface area contributed by atoms with E-state index in [9.17, 15) is 4.79 Å². The average Bonchev–Trinajstić information content (AvgIpc) is 2.87. The summed E-state index contributed by atoms with van der Waals surface area (Å²) in [4.78, 5) is 12.5. The van der Waals surface area contributed by atoms with E-state index in [-0.39, 0.29) is 5.76 Å². The van der Waals surface area contributed by atoms with Gasteiger partial charge in [0.05, 0.1) is 22.8 Å². The van der Waals surface area contributed by atoms with Crippen LogP contribution in [-0.4, -0.2) is 13.0 Å². The number of furan rings is 1. The highest BCUT2D eigenvalue weighted by Crippen LogP contribution is 2.32. The molecule has 0 saturated heterocycles. The number of ether oxygens (including phenoxy) is 1. The second-order valence-electron chi connectivity index (χ2n) is 4.97. The normalized spacial score (nSPS) is 10.8. The topological polar surface area (TPSA) is 51.5 Å². The lowest BCUT2D eigenvalue weighted by Gasteiger charge is -2.08. The summed E-state index contributed by atoms with van der Waals surface area (Å²) in [5.74, 6) is 0.499. The minimum absolute atomic E-state index is 0.212. The quantitative estimate of drug-likeness (QED) is 0.697. The number of anilines is 1.